The standard InChI is InChI=1S/C34H43N5O5/c1-21-30(43-2)14-13-28(37-21)24-7-5-23(6-8-24)19-39(33(40)26-9-3-22(4-10-26)18-36-34(41)42)31-17-27(15-16-35-31)29-20-44-32(38-29)25-11-12-25/h13-17,20,22-26,36H,3-12,18-19H2,1-2H3,(H,41,42). The van der Waals surface area contributed by atoms with Crippen LogP contribution in [0.15, 0.2) is 41.1 Å². The van der Waals surface area contributed by atoms with E-state index in [9.17, 15) is 9.59 Å². The molecule has 0 atom stereocenters. The smallest absolute Gasteiger partial charge is 0.404 e. The SMILES string of the molecule is COc1ccc(C2CCC(CN(C(=O)C3CCC(CNC(=O)O)CC3)c3cc(-c4coc(C5CC5)n4)ccn3)CC2)nc1C. The van der Waals surface area contributed by atoms with Gasteiger partial charge in [0.25, 0.3) is 0 Å². The molecular formula is C34H43N5O5. The molecular weight excluding hydrogens is 558 g/mol. The van der Waals surface area contributed by atoms with Crippen molar-refractivity contribution < 1.29 is 23.8 Å². The molecule has 3 aromatic heterocycles. The Bertz CT molecular complexity index is 1450. The average molecular weight is 602 g/mol. The Morgan fingerprint density at radius 2 is 1.70 bits per heavy atom. The number of aryl methyl sites for hydroxylation is 1. The number of anilines is 1. The topological polar surface area (TPSA) is 131 Å². The quantitative estimate of drug-likeness (QED) is 0.262. The van der Waals surface area contributed by atoms with E-state index in [0.29, 0.717) is 36.7 Å². The first-order valence-corrected chi connectivity index (χ1v) is 16.1. The number of rotatable bonds is 10. The molecule has 0 aliphatic heterocycles. The van der Waals surface area contributed by atoms with Crippen molar-refractivity contribution in [2.24, 2.45) is 17.8 Å². The number of amides is 2. The van der Waals surface area contributed by atoms with Gasteiger partial charge in [0.1, 0.15) is 23.5 Å². The van der Waals surface area contributed by atoms with E-state index in [4.69, 9.17) is 29.2 Å². The number of nitrogens with zero attached hydrogens (tertiary/aromatic N) is 4. The summed E-state index contributed by atoms with van der Waals surface area (Å²) in [6.45, 7) is 3.06. The predicted molar refractivity (Wildman–Crippen MR) is 166 cm³/mol. The lowest BCUT2D eigenvalue weighted by molar-refractivity contribution is -0.123. The molecule has 10 nitrogen and oxygen atoms in total. The van der Waals surface area contributed by atoms with Gasteiger partial charge in [-0.25, -0.2) is 14.8 Å². The van der Waals surface area contributed by atoms with Crippen LogP contribution in [-0.4, -0.2) is 52.3 Å². The second-order valence-electron chi connectivity index (χ2n) is 12.8. The van der Waals surface area contributed by atoms with Crippen LogP contribution in [0.2, 0.25) is 0 Å². The van der Waals surface area contributed by atoms with E-state index in [0.717, 1.165) is 98.5 Å². The molecule has 3 heterocycles. The zero-order chi connectivity index (χ0) is 30.6. The van der Waals surface area contributed by atoms with Gasteiger partial charge in [-0.2, -0.15) is 0 Å². The van der Waals surface area contributed by atoms with Crippen LogP contribution in [0, 0.1) is 24.7 Å². The van der Waals surface area contributed by atoms with Gasteiger partial charge in [0.2, 0.25) is 5.91 Å². The molecule has 2 N–H and O–H groups in total. The number of carbonyl (C=O) groups excluding carboxylic acids is 1. The lowest BCUT2D eigenvalue weighted by Crippen LogP contribution is -2.42. The highest BCUT2D eigenvalue weighted by Gasteiger charge is 2.34. The number of carboxylic acid groups (broad SMARTS) is 1. The minimum atomic E-state index is -0.996. The predicted octanol–water partition coefficient (Wildman–Crippen LogP) is 6.71. The van der Waals surface area contributed by atoms with Gasteiger partial charge in [-0.15, -0.1) is 0 Å². The number of oxazole rings is 1. The minimum Gasteiger partial charge on any atom is -0.495 e. The summed E-state index contributed by atoms with van der Waals surface area (Å²) >= 11 is 0. The van der Waals surface area contributed by atoms with E-state index in [1.165, 1.54) is 0 Å². The third-order valence-electron chi connectivity index (χ3n) is 9.75. The van der Waals surface area contributed by atoms with E-state index in [1.54, 1.807) is 19.6 Å². The molecule has 0 aromatic carbocycles. The average Bonchev–Trinajstić information content (AvgIpc) is 3.78. The number of carbonyl (C=O) groups is 2. The number of hydrogen-bond donors (Lipinski definition) is 2. The molecule has 10 heteroatoms. The van der Waals surface area contributed by atoms with E-state index in [-0.39, 0.29) is 17.7 Å². The summed E-state index contributed by atoms with van der Waals surface area (Å²) in [7, 11) is 1.67. The molecule has 6 rings (SSSR count). The first kappa shape index (κ1) is 30.1. The molecule has 2 amide bonds. The van der Waals surface area contributed by atoms with Crippen molar-refractivity contribution in [3.63, 3.8) is 0 Å². The highest BCUT2D eigenvalue weighted by Crippen LogP contribution is 2.41. The number of aromatic nitrogens is 3. The molecule has 3 fully saturated rings. The Labute approximate surface area is 258 Å². The largest absolute Gasteiger partial charge is 0.495 e. The fourth-order valence-corrected chi connectivity index (χ4v) is 6.94. The van der Waals surface area contributed by atoms with Crippen LogP contribution in [0.5, 0.6) is 5.75 Å². The van der Waals surface area contributed by atoms with Gasteiger partial charge in [0, 0.05) is 48.3 Å². The van der Waals surface area contributed by atoms with E-state index >= 15 is 0 Å². The maximum atomic E-state index is 14.2. The number of hydrogen-bond acceptors (Lipinski definition) is 7. The van der Waals surface area contributed by atoms with Crippen molar-refractivity contribution in [2.75, 3.05) is 25.1 Å². The first-order valence-electron chi connectivity index (χ1n) is 16.1. The number of nitrogens with one attached hydrogen (secondary N) is 1. The number of ether oxygens (including phenoxy) is 1. The minimum absolute atomic E-state index is 0.0992. The monoisotopic (exact) mass is 601 g/mol. The summed E-state index contributed by atoms with van der Waals surface area (Å²) in [5.74, 6) is 3.75. The molecule has 0 unspecified atom stereocenters. The van der Waals surface area contributed by atoms with Gasteiger partial charge in [-0.1, -0.05) is 0 Å². The molecule has 3 aliphatic carbocycles. The van der Waals surface area contributed by atoms with Crippen molar-refractivity contribution >= 4 is 17.8 Å². The zero-order valence-electron chi connectivity index (χ0n) is 25.7. The van der Waals surface area contributed by atoms with Crippen molar-refractivity contribution in [2.45, 2.75) is 83.0 Å². The summed E-state index contributed by atoms with van der Waals surface area (Å²) in [5.41, 5.74) is 3.71. The van der Waals surface area contributed by atoms with Gasteiger partial charge in [0.15, 0.2) is 5.89 Å². The second kappa shape index (κ2) is 13.4. The molecule has 0 saturated heterocycles. The van der Waals surface area contributed by atoms with Gasteiger partial charge in [0.05, 0.1) is 12.8 Å². The highest BCUT2D eigenvalue weighted by atomic mass is 16.5. The first-order chi connectivity index (χ1) is 21.4. The van der Waals surface area contributed by atoms with E-state index < -0.39 is 6.09 Å². The Hall–Kier alpha value is -3.95. The van der Waals surface area contributed by atoms with Crippen LogP contribution < -0.4 is 15.0 Å². The van der Waals surface area contributed by atoms with Gasteiger partial charge < -0.3 is 19.6 Å². The van der Waals surface area contributed by atoms with Crippen LogP contribution in [0.4, 0.5) is 10.6 Å². The maximum absolute atomic E-state index is 14.2. The van der Waals surface area contributed by atoms with Crippen molar-refractivity contribution in [1.82, 2.24) is 20.3 Å². The Morgan fingerprint density at radius 3 is 2.39 bits per heavy atom. The normalized spacial score (nSPS) is 23.6. The molecule has 44 heavy (non-hydrogen) atoms. The Morgan fingerprint density at radius 1 is 0.977 bits per heavy atom. The van der Waals surface area contributed by atoms with Gasteiger partial charge in [-0.3, -0.25) is 14.7 Å². The second-order valence-corrected chi connectivity index (χ2v) is 12.8. The third-order valence-corrected chi connectivity index (χ3v) is 9.75. The zero-order valence-corrected chi connectivity index (χ0v) is 25.7. The molecule has 234 valence electrons. The fourth-order valence-electron chi connectivity index (χ4n) is 6.94. The summed E-state index contributed by atoms with van der Waals surface area (Å²) in [5, 5.41) is 11.5. The molecule has 0 spiro atoms. The van der Waals surface area contributed by atoms with E-state index in [2.05, 4.69) is 11.4 Å². The molecule has 3 aromatic rings. The van der Waals surface area contributed by atoms with Crippen LogP contribution in [0.3, 0.4) is 0 Å². The number of pyridine rings is 2. The number of methoxy groups -OCH3 is 1. The van der Waals surface area contributed by atoms with Crippen molar-refractivity contribution in [3.05, 3.63) is 54.0 Å². The fraction of sp³-hybridized carbons (Fsp3) is 0.559. The molecule has 0 radical (unpaired) electrons. The molecule has 0 bridgehead atoms. The summed E-state index contributed by atoms with van der Waals surface area (Å²) < 4.78 is 11.2. The molecule has 3 saturated carbocycles. The highest BCUT2D eigenvalue weighted by molar-refractivity contribution is 5.94. The maximum Gasteiger partial charge on any atom is 0.404 e. The van der Waals surface area contributed by atoms with E-state index in [1.807, 2.05) is 30.0 Å². The van der Waals surface area contributed by atoms with Crippen LogP contribution in [0.25, 0.3) is 11.3 Å². The lowest BCUT2D eigenvalue weighted by atomic mass is 9.79. The van der Waals surface area contributed by atoms with Crippen LogP contribution in [-0.2, 0) is 4.79 Å². The van der Waals surface area contributed by atoms with Gasteiger partial charge >= 0.3 is 6.09 Å². The van der Waals surface area contributed by atoms with Crippen molar-refractivity contribution in [1.29, 1.82) is 0 Å². The van der Waals surface area contributed by atoms with Crippen LogP contribution >= 0.6 is 0 Å². The summed E-state index contributed by atoms with van der Waals surface area (Å²) in [6, 6.07) is 8.00. The molecule has 3 aliphatic rings. The van der Waals surface area contributed by atoms with Gasteiger partial charge in [-0.05, 0) is 107 Å². The van der Waals surface area contributed by atoms with Crippen molar-refractivity contribution in [3.8, 4) is 17.0 Å². The third kappa shape index (κ3) is 7.05. The summed E-state index contributed by atoms with van der Waals surface area (Å²) in [6.07, 6.45) is 12.0. The van der Waals surface area contributed by atoms with Crippen LogP contribution in [0.1, 0.15) is 93.3 Å². The summed E-state index contributed by atoms with van der Waals surface area (Å²) in [4.78, 5) is 41.3. The Balaban J connectivity index is 1.17. The Kier molecular flexibility index (Phi) is 9.14. The lowest BCUT2D eigenvalue weighted by Gasteiger charge is -2.35.